The lowest BCUT2D eigenvalue weighted by Gasteiger charge is -2.24. The number of rotatable bonds is 17. The molecule has 2 N–H and O–H groups in total. The summed E-state index contributed by atoms with van der Waals surface area (Å²) < 4.78 is 32.5. The molecule has 0 fully saturated rings. The van der Waals surface area contributed by atoms with E-state index in [1.165, 1.54) is 38.5 Å². The molecule has 0 saturated heterocycles. The largest absolute Gasteiger partial charge is 0.372 e. The molecule has 4 nitrogen and oxygen atoms in total. The predicted octanol–water partition coefficient (Wildman–Crippen LogP) is 5.84. The zero-order valence-electron chi connectivity index (χ0n) is 15.9. The van der Waals surface area contributed by atoms with E-state index in [0.29, 0.717) is 12.8 Å². The van der Waals surface area contributed by atoms with Crippen molar-refractivity contribution in [2.75, 3.05) is 0 Å². The summed E-state index contributed by atoms with van der Waals surface area (Å²) in [5.41, 5.74) is 0. The van der Waals surface area contributed by atoms with Gasteiger partial charge in [0.2, 0.25) is 0 Å². The van der Waals surface area contributed by atoms with E-state index < -0.39 is 15.1 Å². The smallest absolute Gasteiger partial charge is 0.294 e. The highest BCUT2D eigenvalue weighted by Crippen LogP contribution is 2.28. The average Bonchev–Trinajstić information content (AvgIpc) is 2.52. The van der Waals surface area contributed by atoms with Gasteiger partial charge in [-0.15, -0.1) is 0 Å². The number of aliphatic hydroxyl groups is 1. The van der Waals surface area contributed by atoms with Gasteiger partial charge in [0.15, 0.2) is 4.93 Å². The van der Waals surface area contributed by atoms with E-state index in [1.54, 1.807) is 0 Å². The van der Waals surface area contributed by atoms with E-state index in [2.05, 4.69) is 13.8 Å². The Hall–Kier alpha value is -0.130. The van der Waals surface area contributed by atoms with Gasteiger partial charge in [0.05, 0.1) is 0 Å². The molecule has 0 spiro atoms. The normalized spacial score (nSPS) is 14.7. The van der Waals surface area contributed by atoms with E-state index in [1.807, 2.05) is 0 Å². The summed E-state index contributed by atoms with van der Waals surface area (Å²) in [6, 6.07) is 0. The zero-order chi connectivity index (χ0) is 18.3. The Morgan fingerprint density at radius 2 is 0.917 bits per heavy atom. The first-order chi connectivity index (χ1) is 11.4. The topological polar surface area (TPSA) is 74.6 Å². The van der Waals surface area contributed by atoms with Crippen LogP contribution in [0.15, 0.2) is 0 Å². The van der Waals surface area contributed by atoms with Gasteiger partial charge in [-0.3, -0.25) is 4.55 Å². The third-order valence-electron chi connectivity index (χ3n) is 4.82. The second-order valence-electron chi connectivity index (χ2n) is 7.16. The molecular formula is C19H40O4S. The first kappa shape index (κ1) is 23.9. The van der Waals surface area contributed by atoms with Gasteiger partial charge in [-0.05, 0) is 25.7 Å². The Labute approximate surface area is 150 Å². The van der Waals surface area contributed by atoms with Crippen molar-refractivity contribution in [1.29, 1.82) is 0 Å². The van der Waals surface area contributed by atoms with Crippen LogP contribution < -0.4 is 0 Å². The molecule has 5 heteroatoms. The van der Waals surface area contributed by atoms with E-state index in [4.69, 9.17) is 0 Å². The van der Waals surface area contributed by atoms with Crippen LogP contribution in [0.2, 0.25) is 0 Å². The summed E-state index contributed by atoms with van der Waals surface area (Å²) in [7, 11) is -4.41. The standard InChI is InChI=1S/C19H40O4S/c1-3-5-7-9-10-11-12-14-16-18-19(20,24(21,22)23)17-15-13-8-6-4-2/h20H,3-18H2,1-2H3,(H,21,22,23). The number of hydrogen-bond donors (Lipinski definition) is 2. The first-order valence-electron chi connectivity index (χ1n) is 10.1. The summed E-state index contributed by atoms with van der Waals surface area (Å²) in [5, 5.41) is 10.4. The van der Waals surface area contributed by atoms with Crippen molar-refractivity contribution in [3.05, 3.63) is 0 Å². The van der Waals surface area contributed by atoms with Gasteiger partial charge in [0.25, 0.3) is 10.1 Å². The van der Waals surface area contributed by atoms with Crippen molar-refractivity contribution in [3.8, 4) is 0 Å². The Morgan fingerprint density at radius 3 is 1.21 bits per heavy atom. The molecule has 0 heterocycles. The monoisotopic (exact) mass is 364 g/mol. The van der Waals surface area contributed by atoms with Crippen LogP contribution in [0, 0.1) is 0 Å². The lowest BCUT2D eigenvalue weighted by Crippen LogP contribution is -2.38. The van der Waals surface area contributed by atoms with E-state index in [9.17, 15) is 18.1 Å². The summed E-state index contributed by atoms with van der Waals surface area (Å²) in [4.78, 5) is -1.94. The predicted molar refractivity (Wildman–Crippen MR) is 102 cm³/mol. The molecule has 0 aromatic heterocycles. The zero-order valence-corrected chi connectivity index (χ0v) is 16.7. The third kappa shape index (κ3) is 11.4. The lowest BCUT2D eigenvalue weighted by atomic mass is 10.0. The molecule has 0 aromatic rings. The molecule has 0 aliphatic heterocycles. The molecule has 0 radical (unpaired) electrons. The molecule has 0 saturated carbocycles. The fourth-order valence-electron chi connectivity index (χ4n) is 3.10. The Bertz CT molecular complexity index is 381. The van der Waals surface area contributed by atoms with Gasteiger partial charge in [0.1, 0.15) is 0 Å². The van der Waals surface area contributed by atoms with Gasteiger partial charge in [-0.1, -0.05) is 90.9 Å². The molecule has 0 rings (SSSR count). The maximum atomic E-state index is 11.5. The van der Waals surface area contributed by atoms with Gasteiger partial charge in [0, 0.05) is 0 Å². The lowest BCUT2D eigenvalue weighted by molar-refractivity contribution is 0.0884. The molecule has 24 heavy (non-hydrogen) atoms. The van der Waals surface area contributed by atoms with Crippen molar-refractivity contribution in [3.63, 3.8) is 0 Å². The van der Waals surface area contributed by atoms with Crippen LogP contribution in [0.25, 0.3) is 0 Å². The van der Waals surface area contributed by atoms with Crippen molar-refractivity contribution >= 4 is 10.1 Å². The third-order valence-corrected chi connectivity index (χ3v) is 6.19. The first-order valence-corrected chi connectivity index (χ1v) is 11.5. The summed E-state index contributed by atoms with van der Waals surface area (Å²) >= 11 is 0. The van der Waals surface area contributed by atoms with Gasteiger partial charge in [-0.25, -0.2) is 0 Å². The van der Waals surface area contributed by atoms with Crippen LogP contribution in [0.5, 0.6) is 0 Å². The Balaban J connectivity index is 3.95. The molecule has 0 aliphatic rings. The molecule has 0 amide bonds. The van der Waals surface area contributed by atoms with Crippen LogP contribution in [0.3, 0.4) is 0 Å². The van der Waals surface area contributed by atoms with Crippen molar-refractivity contribution < 1.29 is 18.1 Å². The minimum atomic E-state index is -4.41. The van der Waals surface area contributed by atoms with Crippen molar-refractivity contribution in [2.24, 2.45) is 0 Å². The summed E-state index contributed by atoms with van der Waals surface area (Å²) in [6.07, 6.45) is 15.3. The fraction of sp³-hybridized carbons (Fsp3) is 1.00. The SMILES string of the molecule is CCCCCCCCCCCC(O)(CCCCCCC)S(=O)(=O)O. The fourth-order valence-corrected chi connectivity index (χ4v) is 3.90. The highest BCUT2D eigenvalue weighted by Gasteiger charge is 2.39. The molecule has 0 bridgehead atoms. The van der Waals surface area contributed by atoms with E-state index in [-0.39, 0.29) is 12.8 Å². The summed E-state index contributed by atoms with van der Waals surface area (Å²) in [6.45, 7) is 4.33. The minimum Gasteiger partial charge on any atom is -0.372 e. The Kier molecular flexibility index (Phi) is 14.0. The number of hydrogen-bond acceptors (Lipinski definition) is 3. The van der Waals surface area contributed by atoms with Crippen LogP contribution in [-0.2, 0) is 10.1 Å². The second kappa shape index (κ2) is 14.1. The number of unbranched alkanes of at least 4 members (excludes halogenated alkanes) is 12. The van der Waals surface area contributed by atoms with Gasteiger partial charge in [-0.2, -0.15) is 8.42 Å². The van der Waals surface area contributed by atoms with E-state index in [0.717, 1.165) is 38.5 Å². The van der Waals surface area contributed by atoms with Crippen LogP contribution in [0.1, 0.15) is 117 Å². The van der Waals surface area contributed by atoms with Crippen LogP contribution in [0.4, 0.5) is 0 Å². The van der Waals surface area contributed by atoms with Crippen molar-refractivity contribution in [2.45, 2.75) is 122 Å². The van der Waals surface area contributed by atoms with Crippen LogP contribution >= 0.6 is 0 Å². The average molecular weight is 365 g/mol. The maximum Gasteiger partial charge on any atom is 0.294 e. The van der Waals surface area contributed by atoms with Crippen molar-refractivity contribution in [1.82, 2.24) is 0 Å². The molecule has 1 atom stereocenters. The highest BCUT2D eigenvalue weighted by atomic mass is 32.2. The molecule has 146 valence electrons. The highest BCUT2D eigenvalue weighted by molar-refractivity contribution is 7.87. The molecule has 1 unspecified atom stereocenters. The van der Waals surface area contributed by atoms with Gasteiger partial charge < -0.3 is 5.11 Å². The maximum absolute atomic E-state index is 11.5. The quantitative estimate of drug-likeness (QED) is 0.251. The summed E-state index contributed by atoms with van der Waals surface area (Å²) in [5.74, 6) is 0. The van der Waals surface area contributed by atoms with E-state index >= 15 is 0 Å². The second-order valence-corrected chi connectivity index (χ2v) is 8.87. The minimum absolute atomic E-state index is 0.145. The molecule has 0 aromatic carbocycles. The molecule has 0 aliphatic carbocycles. The Morgan fingerprint density at radius 1 is 0.625 bits per heavy atom. The van der Waals surface area contributed by atoms with Gasteiger partial charge >= 0.3 is 0 Å². The molecular weight excluding hydrogens is 324 g/mol. The van der Waals surface area contributed by atoms with Crippen LogP contribution in [-0.4, -0.2) is 23.0 Å².